The smallest absolute Gasteiger partial charge is 0.381 e. The Morgan fingerprint density at radius 1 is 1.06 bits per heavy atom. The van der Waals surface area contributed by atoms with Gasteiger partial charge in [0.1, 0.15) is 0 Å². The van der Waals surface area contributed by atoms with Crippen LogP contribution in [0.25, 0.3) is 11.1 Å². The number of amides is 1. The molecule has 0 spiro atoms. The molecule has 2 aliphatic rings. The standard InChI is InChI=1S/C23H26F3N3O5S.ClH/c24-23(25,26)19-4-1-16(2-5-19)18-3-6-20(27-15-18)17-7-11-29(12-8-17)35(32,33)22(21(30)28-31)9-13-34-14-10-22;/h1-6,15,17,31H,7-14H2,(H,28,30);1H. The fourth-order valence-electron chi connectivity index (χ4n) is 4.71. The number of nitrogens with one attached hydrogen (secondary N) is 1. The Morgan fingerprint density at radius 2 is 1.64 bits per heavy atom. The molecule has 198 valence electrons. The highest BCUT2D eigenvalue weighted by molar-refractivity contribution is 7.91. The van der Waals surface area contributed by atoms with Gasteiger partial charge in [-0.15, -0.1) is 12.4 Å². The van der Waals surface area contributed by atoms with Gasteiger partial charge >= 0.3 is 6.18 Å². The molecule has 0 saturated carbocycles. The van der Waals surface area contributed by atoms with Gasteiger partial charge in [0.05, 0.1) is 5.56 Å². The summed E-state index contributed by atoms with van der Waals surface area (Å²) in [7, 11) is -4.04. The van der Waals surface area contributed by atoms with E-state index in [2.05, 4.69) is 4.98 Å². The van der Waals surface area contributed by atoms with E-state index in [1.165, 1.54) is 21.9 Å². The molecule has 4 rings (SSSR count). The van der Waals surface area contributed by atoms with E-state index in [9.17, 15) is 31.6 Å². The van der Waals surface area contributed by atoms with Crippen molar-refractivity contribution in [1.82, 2.24) is 14.8 Å². The Balaban J connectivity index is 0.00000361. The number of halogens is 4. The molecular weight excluding hydrogens is 523 g/mol. The van der Waals surface area contributed by atoms with Gasteiger partial charge in [0.15, 0.2) is 4.75 Å². The zero-order valence-electron chi connectivity index (χ0n) is 19.2. The Labute approximate surface area is 213 Å². The van der Waals surface area contributed by atoms with Gasteiger partial charge < -0.3 is 4.74 Å². The maximum atomic E-state index is 13.4. The first kappa shape index (κ1) is 28.3. The molecule has 2 aromatic rings. The van der Waals surface area contributed by atoms with Gasteiger partial charge in [0.25, 0.3) is 5.91 Å². The number of sulfonamides is 1. The van der Waals surface area contributed by atoms with Gasteiger partial charge in [-0.3, -0.25) is 15.0 Å². The van der Waals surface area contributed by atoms with Crippen molar-refractivity contribution < 1.29 is 36.3 Å². The number of rotatable bonds is 5. The van der Waals surface area contributed by atoms with Gasteiger partial charge in [0.2, 0.25) is 10.0 Å². The van der Waals surface area contributed by atoms with Crippen molar-refractivity contribution in [2.75, 3.05) is 26.3 Å². The number of piperidine rings is 1. The number of alkyl halides is 3. The minimum atomic E-state index is -4.39. The predicted octanol–water partition coefficient (Wildman–Crippen LogP) is 3.75. The highest BCUT2D eigenvalue weighted by atomic mass is 35.5. The lowest BCUT2D eigenvalue weighted by Gasteiger charge is -2.40. The summed E-state index contributed by atoms with van der Waals surface area (Å²) in [5.74, 6) is -0.941. The van der Waals surface area contributed by atoms with Crippen LogP contribution in [0.1, 0.15) is 42.9 Å². The molecule has 13 heteroatoms. The number of hydrogen-bond donors (Lipinski definition) is 2. The number of ether oxygens (including phenoxy) is 1. The molecule has 2 aliphatic heterocycles. The molecule has 3 heterocycles. The van der Waals surface area contributed by atoms with Crippen molar-refractivity contribution in [2.45, 2.75) is 42.5 Å². The van der Waals surface area contributed by atoms with Crippen molar-refractivity contribution in [3.8, 4) is 11.1 Å². The van der Waals surface area contributed by atoms with Crippen LogP contribution in [-0.2, 0) is 25.7 Å². The second-order valence-electron chi connectivity index (χ2n) is 8.77. The lowest BCUT2D eigenvalue weighted by Crippen LogP contribution is -2.60. The monoisotopic (exact) mass is 549 g/mol. The second kappa shape index (κ2) is 11.0. The number of pyridine rings is 1. The molecule has 1 aromatic carbocycles. The maximum Gasteiger partial charge on any atom is 0.416 e. The molecule has 8 nitrogen and oxygen atoms in total. The van der Waals surface area contributed by atoms with E-state index in [0.29, 0.717) is 24.0 Å². The largest absolute Gasteiger partial charge is 0.416 e. The fraction of sp³-hybridized carbons (Fsp3) is 0.478. The van der Waals surface area contributed by atoms with Crippen LogP contribution in [0.4, 0.5) is 13.2 Å². The third-order valence-electron chi connectivity index (χ3n) is 6.85. The highest BCUT2D eigenvalue weighted by Crippen LogP contribution is 2.37. The molecule has 36 heavy (non-hydrogen) atoms. The van der Waals surface area contributed by atoms with Gasteiger partial charge in [-0.05, 0) is 36.6 Å². The molecule has 2 saturated heterocycles. The number of carbonyl (C=O) groups excluding carboxylic acids is 1. The van der Waals surface area contributed by atoms with E-state index in [1.54, 1.807) is 18.3 Å². The topological polar surface area (TPSA) is 109 Å². The molecule has 2 N–H and O–H groups in total. The van der Waals surface area contributed by atoms with Crippen LogP contribution in [0, 0.1) is 0 Å². The average molecular weight is 550 g/mol. The fourth-order valence-corrected chi connectivity index (χ4v) is 6.86. The quantitative estimate of drug-likeness (QED) is 0.434. The first-order chi connectivity index (χ1) is 16.6. The summed E-state index contributed by atoms with van der Waals surface area (Å²) < 4.78 is 69.9. The van der Waals surface area contributed by atoms with E-state index < -0.39 is 32.4 Å². The number of aromatic nitrogens is 1. The van der Waals surface area contributed by atoms with Gasteiger partial charge in [-0.2, -0.15) is 13.2 Å². The van der Waals surface area contributed by atoms with E-state index >= 15 is 0 Å². The van der Waals surface area contributed by atoms with Crippen molar-refractivity contribution in [1.29, 1.82) is 0 Å². The van der Waals surface area contributed by atoms with Crippen LogP contribution in [0.2, 0.25) is 0 Å². The maximum absolute atomic E-state index is 13.4. The second-order valence-corrected chi connectivity index (χ2v) is 11.0. The third-order valence-corrected chi connectivity index (χ3v) is 9.48. The van der Waals surface area contributed by atoms with Crippen LogP contribution < -0.4 is 5.48 Å². The number of carbonyl (C=O) groups is 1. The van der Waals surface area contributed by atoms with Gasteiger partial charge in [-0.1, -0.05) is 18.2 Å². The highest BCUT2D eigenvalue weighted by Gasteiger charge is 2.54. The number of hydrogen-bond acceptors (Lipinski definition) is 6. The summed E-state index contributed by atoms with van der Waals surface area (Å²) in [5.41, 5.74) is 2.86. The zero-order valence-corrected chi connectivity index (χ0v) is 20.8. The molecule has 0 bridgehead atoms. The molecule has 0 unspecified atom stereocenters. The van der Waals surface area contributed by atoms with Crippen molar-refractivity contribution in [3.05, 3.63) is 53.9 Å². The minimum absolute atomic E-state index is 0. The van der Waals surface area contributed by atoms with Crippen LogP contribution >= 0.6 is 12.4 Å². The number of benzene rings is 1. The van der Waals surface area contributed by atoms with Gasteiger partial charge in [0, 0.05) is 62.5 Å². The first-order valence-electron chi connectivity index (χ1n) is 11.2. The normalized spacial score (nSPS) is 19.3. The zero-order chi connectivity index (χ0) is 25.3. The van der Waals surface area contributed by atoms with Crippen LogP contribution in [0.3, 0.4) is 0 Å². The van der Waals surface area contributed by atoms with Crippen LogP contribution in [0.5, 0.6) is 0 Å². The number of hydroxylamine groups is 1. The van der Waals surface area contributed by atoms with E-state index in [1.807, 2.05) is 0 Å². The van der Waals surface area contributed by atoms with Crippen LogP contribution in [0.15, 0.2) is 42.6 Å². The minimum Gasteiger partial charge on any atom is -0.381 e. The van der Waals surface area contributed by atoms with Crippen molar-refractivity contribution in [2.24, 2.45) is 0 Å². The summed E-state index contributed by atoms with van der Waals surface area (Å²) in [6.07, 6.45) is -1.86. The Bertz CT molecular complexity index is 1150. The summed E-state index contributed by atoms with van der Waals surface area (Å²) in [6.45, 7) is 0.629. The Morgan fingerprint density at radius 3 is 2.14 bits per heavy atom. The Kier molecular flexibility index (Phi) is 8.67. The average Bonchev–Trinajstić information content (AvgIpc) is 2.88. The summed E-state index contributed by atoms with van der Waals surface area (Å²) >= 11 is 0. The molecule has 0 atom stereocenters. The SMILES string of the molecule is Cl.O=C(NO)C1(S(=O)(=O)N2CCC(c3ccc(-c4ccc(C(F)(F)F)cc4)cn3)CC2)CCOCC1. The van der Waals surface area contributed by atoms with Crippen molar-refractivity contribution >= 4 is 28.3 Å². The molecule has 2 fully saturated rings. The van der Waals surface area contributed by atoms with Gasteiger partial charge in [-0.25, -0.2) is 18.2 Å². The van der Waals surface area contributed by atoms with E-state index in [4.69, 9.17) is 4.74 Å². The van der Waals surface area contributed by atoms with E-state index in [-0.39, 0.29) is 57.5 Å². The molecule has 1 amide bonds. The molecular formula is C23H27ClF3N3O5S. The molecule has 0 radical (unpaired) electrons. The van der Waals surface area contributed by atoms with Crippen molar-refractivity contribution in [3.63, 3.8) is 0 Å². The van der Waals surface area contributed by atoms with Crippen LogP contribution in [-0.4, -0.2) is 59.9 Å². The summed E-state index contributed by atoms with van der Waals surface area (Å²) in [6, 6.07) is 8.45. The summed E-state index contributed by atoms with van der Waals surface area (Å²) in [4.78, 5) is 16.9. The first-order valence-corrected chi connectivity index (χ1v) is 12.7. The summed E-state index contributed by atoms with van der Waals surface area (Å²) in [5, 5.41) is 9.18. The number of nitrogens with zero attached hydrogens (tertiary/aromatic N) is 2. The molecule has 0 aliphatic carbocycles. The Hall–Kier alpha value is -2.25. The third kappa shape index (κ3) is 5.37. The predicted molar refractivity (Wildman–Crippen MR) is 127 cm³/mol. The van der Waals surface area contributed by atoms with E-state index in [0.717, 1.165) is 17.8 Å². The lowest BCUT2D eigenvalue weighted by atomic mass is 9.93. The lowest BCUT2D eigenvalue weighted by molar-refractivity contribution is -0.137. The molecule has 1 aromatic heterocycles.